The Kier molecular flexibility index (Phi) is 2.38. The van der Waals surface area contributed by atoms with Crippen LogP contribution in [0.2, 0.25) is 0 Å². The molecule has 0 spiro atoms. The van der Waals surface area contributed by atoms with Crippen molar-refractivity contribution in [1.29, 1.82) is 0 Å². The number of nitrogens with zero attached hydrogens (tertiary/aromatic N) is 2. The van der Waals surface area contributed by atoms with Gasteiger partial charge in [0, 0.05) is 26.3 Å². The van der Waals surface area contributed by atoms with Gasteiger partial charge >= 0.3 is 0 Å². The van der Waals surface area contributed by atoms with Crippen LogP contribution in [0, 0.1) is 6.07 Å². The molecule has 0 unspecified atom stereocenters. The van der Waals surface area contributed by atoms with Gasteiger partial charge in [-0.05, 0) is 22.4 Å². The minimum absolute atomic E-state index is 0. The van der Waals surface area contributed by atoms with Gasteiger partial charge in [-0.25, -0.2) is 0 Å². The number of aromatic nitrogens is 2. The zero-order chi connectivity index (χ0) is 12.4. The van der Waals surface area contributed by atoms with Gasteiger partial charge in [0.25, 0.3) is 0 Å². The topological polar surface area (TPSA) is 17.3 Å². The maximum Gasteiger partial charge on any atom is 0.0711 e. The second kappa shape index (κ2) is 4.02. The van der Waals surface area contributed by atoms with Crippen molar-refractivity contribution in [2.75, 3.05) is 0 Å². The molecule has 2 aromatic heterocycles. The van der Waals surface area contributed by atoms with Gasteiger partial charge in [0.05, 0.1) is 5.52 Å². The van der Waals surface area contributed by atoms with E-state index in [4.69, 9.17) is 0 Å². The van der Waals surface area contributed by atoms with E-state index < -0.39 is 0 Å². The molecule has 0 saturated heterocycles. The number of benzene rings is 3. The molecule has 0 atom stereocenters. The zero-order valence-electron chi connectivity index (χ0n) is 10.4. The van der Waals surface area contributed by atoms with Crippen LogP contribution in [0.1, 0.15) is 0 Å². The van der Waals surface area contributed by atoms with Crippen LogP contribution in [0.25, 0.3) is 38.0 Å². The molecule has 0 aliphatic rings. The largest absolute Gasteiger partial charge is 0.257 e. The van der Waals surface area contributed by atoms with Crippen LogP contribution < -0.4 is 0 Å². The SMILES string of the molecule is [Ir].[c-]1ccc2ccc3cccc4c3c2c1n1nccc41. The van der Waals surface area contributed by atoms with E-state index in [0.717, 1.165) is 11.0 Å². The summed E-state index contributed by atoms with van der Waals surface area (Å²) < 4.78 is 1.99. The number of rotatable bonds is 0. The fourth-order valence-corrected chi connectivity index (χ4v) is 3.14. The molecule has 0 bridgehead atoms. The Morgan fingerprint density at radius 3 is 2.65 bits per heavy atom. The Balaban J connectivity index is 0.00000106. The van der Waals surface area contributed by atoms with E-state index in [-0.39, 0.29) is 20.1 Å². The van der Waals surface area contributed by atoms with E-state index in [0.29, 0.717) is 0 Å². The summed E-state index contributed by atoms with van der Waals surface area (Å²) in [5, 5.41) is 10.8. The Labute approximate surface area is 128 Å². The van der Waals surface area contributed by atoms with Crippen molar-refractivity contribution >= 4 is 38.0 Å². The third-order valence-electron chi connectivity index (χ3n) is 3.93. The molecule has 5 aromatic rings. The zero-order valence-corrected chi connectivity index (χ0v) is 12.8. The summed E-state index contributed by atoms with van der Waals surface area (Å²) in [5.41, 5.74) is 2.20. The summed E-state index contributed by atoms with van der Waals surface area (Å²) >= 11 is 0. The number of hydrogen-bond acceptors (Lipinski definition) is 1. The van der Waals surface area contributed by atoms with Crippen molar-refractivity contribution in [3.8, 4) is 0 Å². The predicted molar refractivity (Wildman–Crippen MR) is 77.7 cm³/mol. The molecule has 97 valence electrons. The Morgan fingerprint density at radius 1 is 0.900 bits per heavy atom. The fourth-order valence-electron chi connectivity index (χ4n) is 3.14. The maximum absolute atomic E-state index is 4.45. The molecule has 0 amide bonds. The molecule has 0 aliphatic heterocycles. The first-order chi connectivity index (χ1) is 9.43. The summed E-state index contributed by atoms with van der Waals surface area (Å²) in [6.45, 7) is 0. The van der Waals surface area contributed by atoms with Crippen molar-refractivity contribution in [3.63, 3.8) is 0 Å². The summed E-state index contributed by atoms with van der Waals surface area (Å²) in [4.78, 5) is 0. The van der Waals surface area contributed by atoms with Gasteiger partial charge in [-0.2, -0.15) is 23.3 Å². The average Bonchev–Trinajstić information content (AvgIpc) is 2.95. The Hall–Kier alpha value is -1.96. The van der Waals surface area contributed by atoms with Crippen LogP contribution in [-0.2, 0) is 20.1 Å². The molecule has 3 aromatic carbocycles. The second-order valence-electron chi connectivity index (χ2n) is 4.89. The second-order valence-corrected chi connectivity index (χ2v) is 4.89. The molecule has 2 nitrogen and oxygen atoms in total. The molecule has 0 aliphatic carbocycles. The van der Waals surface area contributed by atoms with Gasteiger partial charge in [-0.3, -0.25) is 4.52 Å². The quantitative estimate of drug-likeness (QED) is 0.266. The molecular formula is C17H9IrN2-. The minimum Gasteiger partial charge on any atom is -0.257 e. The van der Waals surface area contributed by atoms with Crippen LogP contribution in [0.3, 0.4) is 0 Å². The molecule has 1 radical (unpaired) electrons. The number of fused-ring (bicyclic) bond motifs is 3. The maximum atomic E-state index is 4.45. The Bertz CT molecular complexity index is 978. The van der Waals surface area contributed by atoms with E-state index in [1.807, 2.05) is 16.8 Å². The standard InChI is InChI=1S/C17H9N2.Ir/c1-3-11-7-8-12-4-2-6-15-17(12)16(11)13(5-1)14-9-10-18-19(14)15;/h1-5,7-10H;/q-1;. The van der Waals surface area contributed by atoms with Gasteiger partial charge in [0.2, 0.25) is 0 Å². The van der Waals surface area contributed by atoms with Gasteiger partial charge in [-0.1, -0.05) is 41.1 Å². The normalized spacial score (nSPS) is 11.6. The first-order valence-electron chi connectivity index (χ1n) is 6.34. The van der Waals surface area contributed by atoms with E-state index in [1.54, 1.807) is 0 Å². The van der Waals surface area contributed by atoms with Crippen LogP contribution >= 0.6 is 0 Å². The molecule has 3 heteroatoms. The van der Waals surface area contributed by atoms with E-state index in [2.05, 4.69) is 53.6 Å². The first-order valence-corrected chi connectivity index (χ1v) is 6.34. The summed E-state index contributed by atoms with van der Waals surface area (Å²) in [5.74, 6) is 0. The minimum atomic E-state index is 0. The van der Waals surface area contributed by atoms with Gasteiger partial charge in [0.15, 0.2) is 0 Å². The van der Waals surface area contributed by atoms with Crippen LogP contribution in [0.4, 0.5) is 0 Å². The molecule has 0 fully saturated rings. The summed E-state index contributed by atoms with van der Waals surface area (Å²) in [6.07, 6.45) is 1.85. The van der Waals surface area contributed by atoms with Crippen LogP contribution in [0.15, 0.2) is 54.7 Å². The van der Waals surface area contributed by atoms with E-state index >= 15 is 0 Å². The predicted octanol–water partition coefficient (Wildman–Crippen LogP) is 4.03. The molecular weight excluding hydrogens is 424 g/mol. The molecule has 2 heterocycles. The van der Waals surface area contributed by atoms with Crippen molar-refractivity contribution in [2.45, 2.75) is 0 Å². The monoisotopic (exact) mass is 434 g/mol. The molecule has 0 saturated carbocycles. The van der Waals surface area contributed by atoms with Crippen LogP contribution in [0.5, 0.6) is 0 Å². The van der Waals surface area contributed by atoms with Gasteiger partial charge < -0.3 is 0 Å². The number of hydrogen-bond donors (Lipinski definition) is 0. The van der Waals surface area contributed by atoms with Crippen molar-refractivity contribution < 1.29 is 20.1 Å². The van der Waals surface area contributed by atoms with Gasteiger partial charge in [-0.15, -0.1) is 5.39 Å². The third kappa shape index (κ3) is 1.29. The summed E-state index contributed by atoms with van der Waals surface area (Å²) in [7, 11) is 0. The third-order valence-corrected chi connectivity index (χ3v) is 3.93. The van der Waals surface area contributed by atoms with Gasteiger partial charge in [0.1, 0.15) is 0 Å². The fraction of sp³-hybridized carbons (Fsp3) is 0. The van der Waals surface area contributed by atoms with E-state index in [1.165, 1.54) is 26.9 Å². The molecule has 5 rings (SSSR count). The smallest absolute Gasteiger partial charge is 0.0711 e. The molecule has 20 heavy (non-hydrogen) atoms. The average molecular weight is 433 g/mol. The number of pyridine rings is 1. The summed E-state index contributed by atoms with van der Waals surface area (Å²) in [6, 6.07) is 20.3. The Morgan fingerprint density at radius 2 is 1.75 bits per heavy atom. The molecule has 0 N–H and O–H groups in total. The first kappa shape index (κ1) is 11.8. The van der Waals surface area contributed by atoms with Crippen molar-refractivity contribution in [2.24, 2.45) is 0 Å². The van der Waals surface area contributed by atoms with Crippen molar-refractivity contribution in [1.82, 2.24) is 9.61 Å². The van der Waals surface area contributed by atoms with E-state index in [9.17, 15) is 0 Å². The van der Waals surface area contributed by atoms with Crippen molar-refractivity contribution in [3.05, 3.63) is 60.8 Å². The van der Waals surface area contributed by atoms with Crippen LogP contribution in [-0.4, -0.2) is 9.61 Å².